The third kappa shape index (κ3) is 3.86. The Kier molecular flexibility index (Phi) is 5.90. The van der Waals surface area contributed by atoms with Gasteiger partial charge in [0.25, 0.3) is 0 Å². The van der Waals surface area contributed by atoms with Crippen molar-refractivity contribution in [3.63, 3.8) is 0 Å². The first-order valence-electron chi connectivity index (χ1n) is 10.5. The Bertz CT molecular complexity index is 1000. The summed E-state index contributed by atoms with van der Waals surface area (Å²) in [6.45, 7) is 2.00. The Morgan fingerprint density at radius 2 is 1.90 bits per heavy atom. The molecule has 4 atom stereocenters. The zero-order chi connectivity index (χ0) is 21.3. The fourth-order valence-electron chi connectivity index (χ4n) is 4.20. The summed E-state index contributed by atoms with van der Waals surface area (Å²) in [6.07, 6.45) is 3.68. The largest absolute Gasteiger partial charge is 0.396 e. The first kappa shape index (κ1) is 20.6. The number of hydrogen-bond acceptors (Lipinski definition) is 7. The molecule has 0 saturated heterocycles. The third-order valence-corrected chi connectivity index (χ3v) is 5.99. The minimum atomic E-state index is -0.985. The Hall–Kier alpha value is -2.68. The highest BCUT2D eigenvalue weighted by Crippen LogP contribution is 2.37. The maximum absolute atomic E-state index is 10.5. The molecule has 0 radical (unpaired) electrons. The van der Waals surface area contributed by atoms with Crippen LogP contribution < -0.4 is 11.1 Å². The third-order valence-electron chi connectivity index (χ3n) is 5.99. The number of nitrogens with one attached hydrogen (secondary N) is 1. The lowest BCUT2D eigenvalue weighted by Crippen LogP contribution is -2.30. The zero-order valence-corrected chi connectivity index (χ0v) is 17.1. The molecule has 1 aromatic carbocycles. The molecule has 8 nitrogen and oxygen atoms in total. The number of hydrogen-bond donors (Lipinski definition) is 5. The first-order chi connectivity index (χ1) is 14.5. The van der Waals surface area contributed by atoms with Crippen molar-refractivity contribution in [2.45, 2.75) is 50.9 Å². The molecule has 3 aromatic rings. The van der Waals surface area contributed by atoms with E-state index in [-0.39, 0.29) is 12.5 Å². The van der Waals surface area contributed by atoms with Gasteiger partial charge in [0.2, 0.25) is 5.95 Å². The maximum atomic E-state index is 10.5. The molecular formula is C22H29N5O3. The Labute approximate surface area is 175 Å². The van der Waals surface area contributed by atoms with E-state index in [1.807, 2.05) is 22.8 Å². The number of nitrogens with two attached hydrogens (primary N) is 1. The molecule has 1 aliphatic rings. The average molecular weight is 412 g/mol. The SMILES string of the molecule is CCCCc1ccc(Nc2nc(N)c3ccn([C@@H]4C[C@H](CO)[C@@H](O)[C@@H]4O)c3n2)cc1. The molecule has 1 saturated carbocycles. The number of nitrogen functional groups attached to an aromatic ring is 1. The van der Waals surface area contributed by atoms with E-state index in [4.69, 9.17) is 5.73 Å². The van der Waals surface area contributed by atoms with Crippen LogP contribution in [-0.2, 0) is 6.42 Å². The standard InChI is InChI=1S/C22H29N5O3/c1-2-3-4-13-5-7-15(8-6-13)24-22-25-20(23)16-9-10-27(21(16)26-22)17-11-14(12-28)18(29)19(17)30/h5-10,14,17-19,28-30H,2-4,11-12H2,1H3,(H3,23,24,25,26)/t14-,17-,18-,19-/m1/s1. The normalized spacial score (nSPS) is 23.9. The monoisotopic (exact) mass is 411 g/mol. The lowest BCUT2D eigenvalue weighted by atomic mass is 10.1. The van der Waals surface area contributed by atoms with Crippen molar-refractivity contribution < 1.29 is 15.3 Å². The van der Waals surface area contributed by atoms with Crippen LogP contribution in [0.2, 0.25) is 0 Å². The van der Waals surface area contributed by atoms with Gasteiger partial charge >= 0.3 is 0 Å². The molecule has 1 fully saturated rings. The van der Waals surface area contributed by atoms with Gasteiger partial charge < -0.3 is 30.9 Å². The van der Waals surface area contributed by atoms with E-state index in [9.17, 15) is 15.3 Å². The summed E-state index contributed by atoms with van der Waals surface area (Å²) in [7, 11) is 0. The second-order valence-corrected chi connectivity index (χ2v) is 8.05. The van der Waals surface area contributed by atoms with Crippen molar-refractivity contribution in [2.75, 3.05) is 17.7 Å². The van der Waals surface area contributed by atoms with Gasteiger partial charge in [-0.3, -0.25) is 0 Å². The Balaban J connectivity index is 1.61. The zero-order valence-electron chi connectivity index (χ0n) is 17.1. The van der Waals surface area contributed by atoms with Crippen LogP contribution in [-0.4, -0.2) is 48.7 Å². The molecule has 8 heteroatoms. The number of benzene rings is 1. The van der Waals surface area contributed by atoms with Gasteiger partial charge in [0.15, 0.2) is 0 Å². The average Bonchev–Trinajstić information content (AvgIpc) is 3.29. The summed E-state index contributed by atoms with van der Waals surface area (Å²) in [5.41, 5.74) is 8.90. The molecule has 0 spiro atoms. The minimum absolute atomic E-state index is 0.174. The lowest BCUT2D eigenvalue weighted by molar-refractivity contribution is -0.00364. The summed E-state index contributed by atoms with van der Waals surface area (Å²) in [4.78, 5) is 8.99. The van der Waals surface area contributed by atoms with Gasteiger partial charge in [0, 0.05) is 24.4 Å². The van der Waals surface area contributed by atoms with Crippen LogP contribution in [0.4, 0.5) is 17.5 Å². The van der Waals surface area contributed by atoms with Crippen LogP contribution in [0.15, 0.2) is 36.5 Å². The second-order valence-electron chi connectivity index (χ2n) is 8.05. The summed E-state index contributed by atoms with van der Waals surface area (Å²) in [5.74, 6) is 0.339. The van der Waals surface area contributed by atoms with E-state index in [2.05, 4.69) is 34.3 Å². The highest BCUT2D eigenvalue weighted by Gasteiger charge is 2.42. The minimum Gasteiger partial charge on any atom is -0.396 e. The molecule has 4 rings (SSSR count). The Morgan fingerprint density at radius 1 is 1.13 bits per heavy atom. The van der Waals surface area contributed by atoms with Gasteiger partial charge in [-0.2, -0.15) is 9.97 Å². The number of nitrogens with zero attached hydrogens (tertiary/aromatic N) is 3. The second kappa shape index (κ2) is 8.59. The number of aliphatic hydroxyl groups excluding tert-OH is 3. The summed E-state index contributed by atoms with van der Waals surface area (Å²) >= 11 is 0. The summed E-state index contributed by atoms with van der Waals surface area (Å²) < 4.78 is 1.82. The topological polar surface area (TPSA) is 129 Å². The summed E-state index contributed by atoms with van der Waals surface area (Å²) in [6, 6.07) is 9.59. The van der Waals surface area contributed by atoms with E-state index in [1.165, 1.54) is 18.4 Å². The number of aromatic nitrogens is 3. The van der Waals surface area contributed by atoms with Crippen LogP contribution in [0.1, 0.15) is 37.8 Å². The summed E-state index contributed by atoms with van der Waals surface area (Å²) in [5, 5.41) is 34.0. The van der Waals surface area contributed by atoms with Crippen molar-refractivity contribution in [1.29, 1.82) is 0 Å². The van der Waals surface area contributed by atoms with Crippen molar-refractivity contribution in [2.24, 2.45) is 5.92 Å². The quantitative estimate of drug-likeness (QED) is 0.403. The highest BCUT2D eigenvalue weighted by atomic mass is 16.3. The maximum Gasteiger partial charge on any atom is 0.231 e. The van der Waals surface area contributed by atoms with E-state index >= 15 is 0 Å². The van der Waals surface area contributed by atoms with Crippen molar-refractivity contribution in [3.05, 3.63) is 42.1 Å². The number of anilines is 3. The predicted molar refractivity (Wildman–Crippen MR) is 117 cm³/mol. The van der Waals surface area contributed by atoms with E-state index in [0.717, 1.165) is 12.1 Å². The fraction of sp³-hybridized carbons (Fsp3) is 0.455. The molecule has 2 heterocycles. The van der Waals surface area contributed by atoms with Crippen molar-refractivity contribution in [1.82, 2.24) is 14.5 Å². The van der Waals surface area contributed by atoms with Crippen LogP contribution >= 0.6 is 0 Å². The molecule has 1 aliphatic carbocycles. The van der Waals surface area contributed by atoms with Crippen molar-refractivity contribution >= 4 is 28.5 Å². The smallest absolute Gasteiger partial charge is 0.231 e. The molecule has 2 aromatic heterocycles. The molecule has 0 amide bonds. The number of fused-ring (bicyclic) bond motifs is 1. The van der Waals surface area contributed by atoms with Gasteiger partial charge in [-0.1, -0.05) is 25.5 Å². The van der Waals surface area contributed by atoms with Gasteiger partial charge in [-0.15, -0.1) is 0 Å². The molecule has 0 aliphatic heterocycles. The predicted octanol–water partition coefficient (Wildman–Crippen LogP) is 2.37. The number of aryl methyl sites for hydroxylation is 1. The molecular weight excluding hydrogens is 382 g/mol. The van der Waals surface area contributed by atoms with E-state index < -0.39 is 18.2 Å². The van der Waals surface area contributed by atoms with Gasteiger partial charge in [0.05, 0.1) is 17.5 Å². The fourth-order valence-corrected chi connectivity index (χ4v) is 4.20. The number of unbranched alkanes of at least 4 members (excludes halogenated alkanes) is 1. The van der Waals surface area contributed by atoms with E-state index in [1.54, 1.807) is 6.20 Å². The first-order valence-corrected chi connectivity index (χ1v) is 10.5. The highest BCUT2D eigenvalue weighted by molar-refractivity contribution is 5.87. The van der Waals surface area contributed by atoms with Crippen molar-refractivity contribution in [3.8, 4) is 0 Å². The van der Waals surface area contributed by atoms with Gasteiger partial charge in [0.1, 0.15) is 17.6 Å². The van der Waals surface area contributed by atoms with Gasteiger partial charge in [-0.05, 0) is 43.0 Å². The Morgan fingerprint density at radius 3 is 2.57 bits per heavy atom. The van der Waals surface area contributed by atoms with Crippen LogP contribution in [0.25, 0.3) is 11.0 Å². The number of aliphatic hydroxyl groups is 3. The molecule has 0 bridgehead atoms. The van der Waals surface area contributed by atoms with Crippen LogP contribution in [0.3, 0.4) is 0 Å². The van der Waals surface area contributed by atoms with E-state index in [0.29, 0.717) is 29.2 Å². The van der Waals surface area contributed by atoms with Gasteiger partial charge in [-0.25, -0.2) is 0 Å². The molecule has 6 N–H and O–H groups in total. The molecule has 160 valence electrons. The molecule has 30 heavy (non-hydrogen) atoms. The lowest BCUT2D eigenvalue weighted by Gasteiger charge is -2.19. The van der Waals surface area contributed by atoms with Crippen LogP contribution in [0, 0.1) is 5.92 Å². The number of rotatable bonds is 7. The molecule has 0 unspecified atom stereocenters. The van der Waals surface area contributed by atoms with Crippen LogP contribution in [0.5, 0.6) is 0 Å².